The van der Waals surface area contributed by atoms with E-state index in [2.05, 4.69) is 4.98 Å². The van der Waals surface area contributed by atoms with E-state index in [0.29, 0.717) is 0 Å². The number of hydrogen-bond donors (Lipinski definition) is 3. The van der Waals surface area contributed by atoms with Crippen molar-refractivity contribution in [1.82, 2.24) is 4.98 Å². The highest BCUT2D eigenvalue weighted by molar-refractivity contribution is 5.84. The molecule has 1 heterocycles. The molecule has 0 amide bonds. The molecule has 0 spiro atoms. The highest BCUT2D eigenvalue weighted by Gasteiger charge is 2.14. The van der Waals surface area contributed by atoms with E-state index in [1.807, 2.05) is 0 Å². The van der Waals surface area contributed by atoms with Gasteiger partial charge < -0.3 is 15.8 Å². The average Bonchev–Trinajstić information content (AvgIpc) is 2.87. The Kier molecular flexibility index (Phi) is 1.20. The van der Waals surface area contributed by atoms with Crippen LogP contribution in [0.4, 0.5) is 0 Å². The van der Waals surface area contributed by atoms with Gasteiger partial charge in [0.25, 0.3) is 0 Å². The van der Waals surface area contributed by atoms with Gasteiger partial charge in [-0.1, -0.05) is 18.1 Å². The molecule has 4 heteroatoms. The number of aromatic nitrogens is 1. The van der Waals surface area contributed by atoms with E-state index in [4.69, 9.17) is 19.1 Å². The summed E-state index contributed by atoms with van der Waals surface area (Å²) in [4.78, 5) is 13.5. The maximum Gasteiger partial charge on any atom is 0.320 e. The largest absolute Gasteiger partial charge is 0.480 e. The van der Waals surface area contributed by atoms with Gasteiger partial charge in [-0.05, 0) is 11.6 Å². The van der Waals surface area contributed by atoms with Crippen LogP contribution in [-0.2, 0) is 11.2 Å². The van der Waals surface area contributed by atoms with Crippen LogP contribution < -0.4 is 5.73 Å². The molecule has 0 unspecified atom stereocenters. The van der Waals surface area contributed by atoms with Gasteiger partial charge in [0.15, 0.2) is 0 Å². The van der Waals surface area contributed by atoms with Crippen molar-refractivity contribution < 1.29 is 18.1 Å². The number of fused-ring (bicyclic) bond motifs is 1. The molecule has 1 aromatic heterocycles. The van der Waals surface area contributed by atoms with Crippen LogP contribution in [0.3, 0.4) is 0 Å². The molecule has 0 aliphatic rings. The van der Waals surface area contributed by atoms with Crippen molar-refractivity contribution in [1.29, 1.82) is 0 Å². The molecule has 0 saturated heterocycles. The smallest absolute Gasteiger partial charge is 0.320 e. The molecule has 15 heavy (non-hydrogen) atoms. The van der Waals surface area contributed by atoms with Crippen molar-refractivity contribution in [2.75, 3.05) is 0 Å². The first-order chi connectivity index (χ1) is 9.60. The Morgan fingerprint density at radius 3 is 3.13 bits per heavy atom. The van der Waals surface area contributed by atoms with Crippen LogP contribution >= 0.6 is 0 Å². The van der Waals surface area contributed by atoms with Crippen molar-refractivity contribution in [3.63, 3.8) is 0 Å². The molecule has 2 rings (SSSR count). The van der Waals surface area contributed by atoms with Gasteiger partial charge in [0.1, 0.15) is 6.04 Å². The zero-order valence-electron chi connectivity index (χ0n) is 13.6. The highest BCUT2D eigenvalue weighted by Crippen LogP contribution is 2.18. The number of aromatic amines is 1. The van der Waals surface area contributed by atoms with Crippen LogP contribution in [0.5, 0.6) is 0 Å². The minimum Gasteiger partial charge on any atom is -0.480 e. The van der Waals surface area contributed by atoms with Crippen LogP contribution in [0.2, 0.25) is 0 Å². The third-order valence-corrected chi connectivity index (χ3v) is 1.89. The number of rotatable bonds is 3. The van der Waals surface area contributed by atoms with Crippen LogP contribution in [0.15, 0.2) is 30.4 Å². The van der Waals surface area contributed by atoms with E-state index in [0.717, 1.165) is 6.20 Å². The first kappa shape index (κ1) is 4.81. The summed E-state index contributed by atoms with van der Waals surface area (Å²) in [6.07, 6.45) is -1.37. The summed E-state index contributed by atoms with van der Waals surface area (Å²) in [5, 5.41) is 8.79. The molecule has 2 aromatic rings. The summed E-state index contributed by atoms with van der Waals surface area (Å²) in [7, 11) is 0. The Morgan fingerprint density at radius 1 is 1.67 bits per heavy atom. The highest BCUT2D eigenvalue weighted by atomic mass is 16.4. The Hall–Kier alpha value is -1.81. The molecule has 0 aliphatic heterocycles. The maximum atomic E-state index is 10.9. The van der Waals surface area contributed by atoms with Gasteiger partial charge >= 0.3 is 5.97 Å². The molecule has 0 aliphatic carbocycles. The molecule has 4 N–H and O–H groups in total. The van der Waals surface area contributed by atoms with Gasteiger partial charge in [-0.15, -0.1) is 0 Å². The van der Waals surface area contributed by atoms with E-state index >= 15 is 0 Å². The quantitative estimate of drug-likeness (QED) is 0.666. The predicted molar refractivity (Wildman–Crippen MR) is 57.6 cm³/mol. The number of nitrogens with two attached hydrogens (primary N) is 1. The maximum absolute atomic E-state index is 10.9. The number of hydrogen-bond acceptors (Lipinski definition) is 2. The van der Waals surface area contributed by atoms with Crippen LogP contribution in [0.1, 0.15) is 13.8 Å². The lowest BCUT2D eigenvalue weighted by atomic mass is 10.1. The Balaban J connectivity index is 2.82. The van der Waals surface area contributed by atoms with Crippen molar-refractivity contribution in [2.24, 2.45) is 5.73 Å². The van der Waals surface area contributed by atoms with Crippen molar-refractivity contribution >= 4 is 16.9 Å². The van der Waals surface area contributed by atoms with Gasteiger partial charge in [-0.2, -0.15) is 0 Å². The number of nitrogens with one attached hydrogen (secondary N) is 1. The molecular formula is C11H12N2O2. The minimum atomic E-state index is -2.50. The van der Waals surface area contributed by atoms with Crippen LogP contribution in [-0.4, -0.2) is 22.1 Å². The van der Waals surface area contributed by atoms with E-state index in [-0.39, 0.29) is 22.5 Å². The second-order valence-corrected chi connectivity index (χ2v) is 2.91. The fourth-order valence-corrected chi connectivity index (χ4v) is 1.18. The number of aliphatic carboxylic acids is 1. The fourth-order valence-electron chi connectivity index (χ4n) is 1.18. The lowest BCUT2D eigenvalue weighted by Crippen LogP contribution is -2.32. The number of H-pyrrole nitrogens is 1. The number of carboxylic acids is 1. The molecule has 1 atom stereocenters. The van der Waals surface area contributed by atoms with E-state index in [9.17, 15) is 4.79 Å². The third kappa shape index (κ3) is 1.85. The Morgan fingerprint density at radius 2 is 2.40 bits per heavy atom. The molecule has 4 nitrogen and oxygen atoms in total. The summed E-state index contributed by atoms with van der Waals surface area (Å²) in [5.74, 6) is -1.55. The van der Waals surface area contributed by atoms with Gasteiger partial charge in [0.2, 0.25) is 0 Å². The minimum absolute atomic E-state index is 0.0115. The molecule has 0 radical (unpaired) electrons. The monoisotopic (exact) mass is 211 g/mol. The van der Waals surface area contributed by atoms with Crippen molar-refractivity contribution in [3.8, 4) is 0 Å². The normalized spacial score (nSPS) is 19.5. The zero-order chi connectivity index (χ0) is 16.1. The summed E-state index contributed by atoms with van der Waals surface area (Å²) >= 11 is 0. The molecular weight excluding hydrogens is 193 g/mol. The van der Waals surface area contributed by atoms with E-state index < -0.39 is 36.5 Å². The SMILES string of the molecule is [2H]c1c([2H])c([2H])c2c(C([2H])([2H])[13C@H](N)C(=O)O)c[nH]c2c1[2H]. The molecule has 1 aromatic carbocycles. The van der Waals surface area contributed by atoms with Crippen LogP contribution in [0.25, 0.3) is 10.9 Å². The lowest BCUT2D eigenvalue weighted by Gasteiger charge is -2.04. The molecule has 0 saturated carbocycles. The lowest BCUT2D eigenvalue weighted by molar-refractivity contribution is -0.138. The standard InChI is InChI=1S/C11H12N2O2/c12-9(11(14)15)5-7-6-13-10-4-2-1-3-8(7)10/h1-4,6,9,13H,5,12H2,(H,14,15)/t9-/m0/s1/i1D,2D,3D,4D,5D2,9+1. The van der Waals surface area contributed by atoms with E-state index in [1.54, 1.807) is 0 Å². The number of benzene rings is 1. The predicted octanol–water partition coefficient (Wildman–Crippen LogP) is 1.12. The number of para-hydroxylation sites is 1. The zero-order valence-corrected chi connectivity index (χ0v) is 7.59. The summed E-state index contributed by atoms with van der Waals surface area (Å²) in [6, 6.07) is -3.63. The topological polar surface area (TPSA) is 79.1 Å². The van der Waals surface area contributed by atoms with E-state index in [1.165, 1.54) is 0 Å². The Bertz CT molecular complexity index is 742. The van der Waals surface area contributed by atoms with Crippen molar-refractivity contribution in [3.05, 3.63) is 35.9 Å². The molecule has 0 bridgehead atoms. The number of carboxylic acid groups (broad SMARTS) is 1. The van der Waals surface area contributed by atoms with Crippen LogP contribution in [0, 0.1) is 0 Å². The van der Waals surface area contributed by atoms with Gasteiger partial charge in [-0.25, -0.2) is 0 Å². The summed E-state index contributed by atoms with van der Waals surface area (Å²) in [5.41, 5.74) is 5.15. The summed E-state index contributed by atoms with van der Waals surface area (Å²) < 4.78 is 46.5. The third-order valence-electron chi connectivity index (χ3n) is 1.89. The molecule has 0 fully saturated rings. The summed E-state index contributed by atoms with van der Waals surface area (Å²) in [6.45, 7) is 0. The fraction of sp³-hybridized carbons (Fsp3) is 0.182. The van der Waals surface area contributed by atoms with Gasteiger partial charge in [-0.3, -0.25) is 4.79 Å². The second-order valence-electron chi connectivity index (χ2n) is 2.91. The number of carbonyl (C=O) groups is 1. The van der Waals surface area contributed by atoms with Gasteiger partial charge in [0.05, 0.1) is 5.48 Å². The first-order valence-electron chi connectivity index (χ1n) is 7.17. The van der Waals surface area contributed by atoms with Crippen molar-refractivity contribution in [2.45, 2.75) is 12.4 Å². The Labute approximate surface area is 95.1 Å². The molecule has 78 valence electrons. The second kappa shape index (κ2) is 3.74. The van der Waals surface area contributed by atoms with Gasteiger partial charge in [0, 0.05) is 26.2 Å². The average molecular weight is 211 g/mol. The first-order valence-corrected chi connectivity index (χ1v) is 4.17.